The van der Waals surface area contributed by atoms with Crippen LogP contribution < -0.4 is 10.6 Å². The number of thiophene rings is 1. The van der Waals surface area contributed by atoms with E-state index in [4.69, 9.17) is 0 Å². The Morgan fingerprint density at radius 3 is 2.37 bits per heavy atom. The van der Waals surface area contributed by atoms with Crippen molar-refractivity contribution in [2.75, 3.05) is 0 Å². The van der Waals surface area contributed by atoms with E-state index in [2.05, 4.69) is 36.6 Å². The van der Waals surface area contributed by atoms with E-state index in [1.807, 2.05) is 55.6 Å². The quantitative estimate of drug-likeness (QED) is 0.532. The van der Waals surface area contributed by atoms with E-state index in [-0.39, 0.29) is 23.6 Å². The normalized spacial score (nSPS) is 12.3. The van der Waals surface area contributed by atoms with Gasteiger partial charge in [-0.05, 0) is 73.5 Å². The van der Waals surface area contributed by atoms with Gasteiger partial charge in [-0.15, -0.1) is 11.3 Å². The Morgan fingerprint density at radius 1 is 0.933 bits per heavy atom. The van der Waals surface area contributed by atoms with Gasteiger partial charge in [0.05, 0.1) is 6.04 Å². The van der Waals surface area contributed by atoms with E-state index in [0.717, 1.165) is 16.0 Å². The lowest BCUT2D eigenvalue weighted by Crippen LogP contribution is -2.36. The second-order valence-electron chi connectivity index (χ2n) is 7.38. The Morgan fingerprint density at radius 2 is 1.70 bits per heavy atom. The highest BCUT2D eigenvalue weighted by Gasteiger charge is 2.18. The summed E-state index contributed by atoms with van der Waals surface area (Å²) in [6, 6.07) is 17.1. The van der Waals surface area contributed by atoms with Crippen molar-refractivity contribution in [2.24, 2.45) is 0 Å². The van der Waals surface area contributed by atoms with E-state index in [1.54, 1.807) is 12.1 Å². The summed E-state index contributed by atoms with van der Waals surface area (Å²) >= 11 is 1.51. The average Bonchev–Trinajstić information content (AvgIpc) is 3.22. The monoisotopic (exact) mass is 418 g/mol. The molecule has 0 radical (unpaired) electrons. The minimum absolute atomic E-state index is 0.195. The molecule has 5 heteroatoms. The molecule has 2 N–H and O–H groups in total. The van der Waals surface area contributed by atoms with Crippen molar-refractivity contribution in [2.45, 2.75) is 33.7 Å². The number of hydrogen-bond donors (Lipinski definition) is 2. The average molecular weight is 419 g/mol. The molecule has 0 bridgehead atoms. The summed E-state index contributed by atoms with van der Waals surface area (Å²) in [5, 5.41) is 7.75. The molecule has 3 aromatic rings. The van der Waals surface area contributed by atoms with Crippen molar-refractivity contribution in [3.63, 3.8) is 0 Å². The molecule has 0 saturated heterocycles. The first-order valence-corrected chi connectivity index (χ1v) is 10.7. The number of carbonyl (C=O) groups excluding carboxylic acids is 2. The van der Waals surface area contributed by atoms with E-state index in [9.17, 15) is 9.59 Å². The van der Waals surface area contributed by atoms with Gasteiger partial charge in [-0.25, -0.2) is 0 Å². The molecule has 0 unspecified atom stereocenters. The molecule has 30 heavy (non-hydrogen) atoms. The fourth-order valence-electron chi connectivity index (χ4n) is 3.08. The molecule has 0 aliphatic rings. The highest BCUT2D eigenvalue weighted by atomic mass is 32.1. The van der Waals surface area contributed by atoms with E-state index < -0.39 is 0 Å². The molecule has 2 amide bonds. The third-order valence-electron chi connectivity index (χ3n) is 5.09. The topological polar surface area (TPSA) is 58.2 Å². The third kappa shape index (κ3) is 5.24. The maximum absolute atomic E-state index is 13.1. The van der Waals surface area contributed by atoms with Crippen LogP contribution in [0, 0.1) is 20.8 Å². The fourth-order valence-corrected chi connectivity index (χ4v) is 3.74. The lowest BCUT2D eigenvalue weighted by Gasteiger charge is -2.18. The van der Waals surface area contributed by atoms with Gasteiger partial charge >= 0.3 is 0 Å². The van der Waals surface area contributed by atoms with Gasteiger partial charge in [0.1, 0.15) is 5.70 Å². The Bertz CT molecular complexity index is 1080. The van der Waals surface area contributed by atoms with Crippen LogP contribution in [0.15, 0.2) is 65.7 Å². The largest absolute Gasteiger partial charge is 0.344 e. The fraction of sp³-hybridized carbons (Fsp3) is 0.200. The van der Waals surface area contributed by atoms with Crippen LogP contribution in [0.1, 0.15) is 50.5 Å². The number of benzene rings is 2. The molecule has 0 spiro atoms. The molecule has 1 aromatic heterocycles. The number of amides is 2. The zero-order valence-electron chi connectivity index (χ0n) is 17.7. The van der Waals surface area contributed by atoms with Crippen molar-refractivity contribution in [1.82, 2.24) is 10.6 Å². The van der Waals surface area contributed by atoms with Crippen LogP contribution in [0.25, 0.3) is 6.08 Å². The lowest BCUT2D eigenvalue weighted by molar-refractivity contribution is -0.118. The summed E-state index contributed by atoms with van der Waals surface area (Å²) < 4.78 is 0. The predicted octanol–water partition coefficient (Wildman–Crippen LogP) is 5.32. The molecule has 3 rings (SSSR count). The van der Waals surface area contributed by atoms with Gasteiger partial charge in [0.25, 0.3) is 11.8 Å². The van der Waals surface area contributed by atoms with Crippen molar-refractivity contribution in [1.29, 1.82) is 0 Å². The second kappa shape index (κ2) is 9.55. The van der Waals surface area contributed by atoms with Crippen LogP contribution >= 0.6 is 11.3 Å². The Hall–Kier alpha value is -3.18. The summed E-state index contributed by atoms with van der Waals surface area (Å²) in [6.45, 7) is 7.93. The van der Waals surface area contributed by atoms with Crippen LogP contribution in [0.4, 0.5) is 0 Å². The Balaban J connectivity index is 1.83. The number of aryl methyl sites for hydroxylation is 3. The van der Waals surface area contributed by atoms with Crippen molar-refractivity contribution in [3.8, 4) is 0 Å². The number of carbonyl (C=O) groups is 2. The molecule has 0 saturated carbocycles. The van der Waals surface area contributed by atoms with Gasteiger partial charge in [-0.1, -0.05) is 42.5 Å². The molecule has 154 valence electrons. The van der Waals surface area contributed by atoms with Gasteiger partial charge in [-0.2, -0.15) is 0 Å². The first-order valence-electron chi connectivity index (χ1n) is 9.85. The maximum atomic E-state index is 13.1. The van der Waals surface area contributed by atoms with Gasteiger partial charge in [0.2, 0.25) is 0 Å². The highest BCUT2D eigenvalue weighted by molar-refractivity contribution is 7.10. The summed E-state index contributed by atoms with van der Waals surface area (Å²) in [5.74, 6) is -0.624. The zero-order chi connectivity index (χ0) is 21.7. The lowest BCUT2D eigenvalue weighted by atomic mass is 10.0. The van der Waals surface area contributed by atoms with Gasteiger partial charge in [0.15, 0.2) is 0 Å². The predicted molar refractivity (Wildman–Crippen MR) is 123 cm³/mol. The van der Waals surface area contributed by atoms with E-state index >= 15 is 0 Å². The molecular formula is C25H26N2O2S. The first kappa shape index (κ1) is 21.5. The minimum atomic E-state index is -0.323. The third-order valence-corrected chi connectivity index (χ3v) is 5.91. The van der Waals surface area contributed by atoms with Crippen molar-refractivity contribution in [3.05, 3.63) is 98.4 Å². The minimum Gasteiger partial charge on any atom is -0.344 e. The molecular weight excluding hydrogens is 392 g/mol. The first-order chi connectivity index (χ1) is 14.3. The smallest absolute Gasteiger partial charge is 0.268 e. The van der Waals surface area contributed by atoms with Crippen LogP contribution in [0.3, 0.4) is 0 Å². The molecule has 1 heterocycles. The molecule has 1 atom stereocenters. The van der Waals surface area contributed by atoms with Crippen molar-refractivity contribution < 1.29 is 9.59 Å². The maximum Gasteiger partial charge on any atom is 0.268 e. The highest BCUT2D eigenvalue weighted by Crippen LogP contribution is 2.18. The molecule has 2 aromatic carbocycles. The van der Waals surface area contributed by atoms with Gasteiger partial charge < -0.3 is 10.6 Å². The van der Waals surface area contributed by atoms with Gasteiger partial charge in [-0.3, -0.25) is 9.59 Å². The number of hydrogen-bond acceptors (Lipinski definition) is 3. The molecule has 0 aliphatic heterocycles. The van der Waals surface area contributed by atoms with Crippen LogP contribution in [0.2, 0.25) is 0 Å². The zero-order valence-corrected chi connectivity index (χ0v) is 18.5. The van der Waals surface area contributed by atoms with E-state index in [1.165, 1.54) is 22.5 Å². The van der Waals surface area contributed by atoms with Gasteiger partial charge in [0, 0.05) is 10.4 Å². The molecule has 4 nitrogen and oxygen atoms in total. The second-order valence-corrected chi connectivity index (χ2v) is 8.36. The Kier molecular flexibility index (Phi) is 6.85. The van der Waals surface area contributed by atoms with E-state index in [0.29, 0.717) is 5.56 Å². The standard InChI is InChI=1S/C25H26N2O2S/c1-16-11-12-20(14-18(16)3)19(4)26-25(29)23(15-21-9-7-13-30-21)27-24(28)22-10-6-5-8-17(22)2/h5-15,19H,1-4H3,(H,26,29)(H,27,28)/b23-15-/t19-/m0/s1. The van der Waals surface area contributed by atoms with Crippen LogP contribution in [-0.2, 0) is 4.79 Å². The van der Waals surface area contributed by atoms with Crippen LogP contribution in [0.5, 0.6) is 0 Å². The summed E-state index contributed by atoms with van der Waals surface area (Å²) in [6.07, 6.45) is 1.71. The summed E-state index contributed by atoms with van der Waals surface area (Å²) in [5.41, 5.74) is 5.03. The van der Waals surface area contributed by atoms with Crippen LogP contribution in [-0.4, -0.2) is 11.8 Å². The summed E-state index contributed by atoms with van der Waals surface area (Å²) in [7, 11) is 0. The van der Waals surface area contributed by atoms with Crippen molar-refractivity contribution >= 4 is 29.2 Å². The summed E-state index contributed by atoms with van der Waals surface area (Å²) in [4.78, 5) is 26.8. The molecule has 0 fully saturated rings. The molecule has 0 aliphatic carbocycles. The SMILES string of the molecule is Cc1ccc([C@H](C)NC(=O)/C(=C/c2cccs2)NC(=O)c2ccccc2C)cc1C. The Labute approximate surface area is 181 Å². The number of rotatable bonds is 6. The number of nitrogens with one attached hydrogen (secondary N) is 2.